The van der Waals surface area contributed by atoms with E-state index in [0.717, 1.165) is 5.56 Å². The standard InChI is InChI=1S/C17H17N3O3S2/c1-3-20-15(22)14(25-17(20)19-16-18-7-8-24-16)10-11-5-6-12(21)13(9-11)23-4-2/h5-10,21H,3-4H2,1-2H3/b14-10-,19-17+. The third kappa shape index (κ3) is 3.85. The second kappa shape index (κ2) is 7.71. The highest BCUT2D eigenvalue weighted by Crippen LogP contribution is 2.35. The summed E-state index contributed by atoms with van der Waals surface area (Å²) in [7, 11) is 0. The summed E-state index contributed by atoms with van der Waals surface area (Å²) in [5.74, 6) is 0.390. The van der Waals surface area contributed by atoms with Gasteiger partial charge in [0.15, 0.2) is 16.7 Å². The Bertz CT molecular complexity index is 832. The van der Waals surface area contributed by atoms with Crippen LogP contribution in [0.25, 0.3) is 6.08 Å². The fraction of sp³-hybridized carbons (Fsp3) is 0.235. The summed E-state index contributed by atoms with van der Waals surface area (Å²) in [6.45, 7) is 4.75. The fourth-order valence-corrected chi connectivity index (χ4v) is 3.87. The first kappa shape index (κ1) is 17.5. The maximum atomic E-state index is 12.6. The minimum absolute atomic E-state index is 0.0793. The molecule has 8 heteroatoms. The third-order valence-corrected chi connectivity index (χ3v) is 5.07. The molecule has 6 nitrogen and oxygen atoms in total. The van der Waals surface area contributed by atoms with Gasteiger partial charge in [0.05, 0.1) is 11.5 Å². The van der Waals surface area contributed by atoms with Crippen molar-refractivity contribution in [3.8, 4) is 11.5 Å². The van der Waals surface area contributed by atoms with Gasteiger partial charge in [0.1, 0.15) is 0 Å². The Balaban J connectivity index is 1.91. The van der Waals surface area contributed by atoms with Gasteiger partial charge < -0.3 is 9.84 Å². The number of aliphatic imine (C=N–C) groups is 1. The molecular weight excluding hydrogens is 358 g/mol. The van der Waals surface area contributed by atoms with E-state index in [2.05, 4.69) is 9.98 Å². The number of phenols is 1. The summed E-state index contributed by atoms with van der Waals surface area (Å²) in [5, 5.41) is 12.9. The molecule has 0 spiro atoms. The van der Waals surface area contributed by atoms with Gasteiger partial charge in [0, 0.05) is 18.1 Å². The molecule has 2 heterocycles. The first-order chi connectivity index (χ1) is 12.1. The van der Waals surface area contributed by atoms with Crippen molar-refractivity contribution in [3.05, 3.63) is 40.2 Å². The van der Waals surface area contributed by atoms with Crippen LogP contribution in [-0.4, -0.2) is 39.2 Å². The molecule has 0 unspecified atom stereocenters. The SMILES string of the molecule is CCOc1cc(/C=C2\S/C(=N/c3nccs3)N(CC)C2=O)ccc1O. The van der Waals surface area contributed by atoms with Crippen LogP contribution in [0.15, 0.2) is 39.7 Å². The molecule has 3 rings (SSSR count). The van der Waals surface area contributed by atoms with E-state index in [1.807, 2.05) is 19.2 Å². The minimum atomic E-state index is -0.0890. The maximum Gasteiger partial charge on any atom is 0.266 e. The number of amidine groups is 1. The molecule has 1 N–H and O–H groups in total. The molecule has 0 radical (unpaired) electrons. The Morgan fingerprint density at radius 2 is 2.24 bits per heavy atom. The largest absolute Gasteiger partial charge is 0.504 e. The van der Waals surface area contributed by atoms with Gasteiger partial charge in [-0.1, -0.05) is 6.07 Å². The first-order valence-electron chi connectivity index (χ1n) is 7.77. The van der Waals surface area contributed by atoms with Crippen molar-refractivity contribution < 1.29 is 14.6 Å². The van der Waals surface area contributed by atoms with Crippen LogP contribution in [0.5, 0.6) is 11.5 Å². The van der Waals surface area contributed by atoms with E-state index >= 15 is 0 Å². The number of thiazole rings is 1. The number of rotatable bonds is 5. The van der Waals surface area contributed by atoms with Crippen molar-refractivity contribution in [1.82, 2.24) is 9.88 Å². The quantitative estimate of drug-likeness (QED) is 0.803. The monoisotopic (exact) mass is 375 g/mol. The third-order valence-electron chi connectivity index (χ3n) is 3.40. The normalized spacial score (nSPS) is 17.7. The lowest BCUT2D eigenvalue weighted by atomic mass is 10.2. The Labute approximate surface area is 153 Å². The van der Waals surface area contributed by atoms with Crippen molar-refractivity contribution in [3.63, 3.8) is 0 Å². The Kier molecular flexibility index (Phi) is 5.40. The van der Waals surface area contributed by atoms with E-state index in [9.17, 15) is 9.90 Å². The molecular formula is C17H17N3O3S2. The molecule has 130 valence electrons. The van der Waals surface area contributed by atoms with Crippen molar-refractivity contribution in [1.29, 1.82) is 0 Å². The van der Waals surface area contributed by atoms with Crippen LogP contribution in [0.2, 0.25) is 0 Å². The number of amides is 1. The molecule has 0 bridgehead atoms. The number of benzene rings is 1. The molecule has 2 aromatic rings. The molecule has 0 atom stereocenters. The number of phenolic OH excluding ortho intramolecular Hbond substituents is 1. The lowest BCUT2D eigenvalue weighted by Crippen LogP contribution is -2.28. The molecule has 1 aromatic heterocycles. The number of nitrogens with zero attached hydrogens (tertiary/aromatic N) is 3. The van der Waals surface area contributed by atoms with Gasteiger partial charge in [-0.05, 0) is 49.4 Å². The van der Waals surface area contributed by atoms with E-state index in [1.165, 1.54) is 23.1 Å². The molecule has 1 saturated heterocycles. The Morgan fingerprint density at radius 3 is 2.92 bits per heavy atom. The van der Waals surface area contributed by atoms with E-state index < -0.39 is 0 Å². The molecule has 1 fully saturated rings. The Morgan fingerprint density at radius 1 is 1.40 bits per heavy atom. The molecule has 0 aliphatic carbocycles. The van der Waals surface area contributed by atoms with Crippen LogP contribution < -0.4 is 4.74 Å². The second-order valence-electron chi connectivity index (χ2n) is 5.03. The predicted octanol–water partition coefficient (Wildman–Crippen LogP) is 3.87. The van der Waals surface area contributed by atoms with Gasteiger partial charge in [0.2, 0.25) is 5.13 Å². The minimum Gasteiger partial charge on any atom is -0.504 e. The topological polar surface area (TPSA) is 75.0 Å². The fourth-order valence-electron chi connectivity index (χ4n) is 2.27. The number of hydrogen-bond acceptors (Lipinski definition) is 7. The molecule has 1 aliphatic rings. The first-order valence-corrected chi connectivity index (χ1v) is 9.47. The van der Waals surface area contributed by atoms with Gasteiger partial charge >= 0.3 is 0 Å². The molecule has 1 amide bonds. The van der Waals surface area contributed by atoms with Gasteiger partial charge in [-0.3, -0.25) is 9.69 Å². The summed E-state index contributed by atoms with van der Waals surface area (Å²) in [6, 6.07) is 5.01. The van der Waals surface area contributed by atoms with E-state index in [4.69, 9.17) is 4.74 Å². The predicted molar refractivity (Wildman–Crippen MR) is 101 cm³/mol. The molecule has 1 aromatic carbocycles. The highest BCUT2D eigenvalue weighted by Gasteiger charge is 2.32. The van der Waals surface area contributed by atoms with Crippen LogP contribution in [0, 0.1) is 0 Å². The number of hydrogen-bond donors (Lipinski definition) is 1. The number of carbonyl (C=O) groups is 1. The average Bonchev–Trinajstić information content (AvgIpc) is 3.20. The summed E-state index contributed by atoms with van der Waals surface area (Å²) in [4.78, 5) is 23.4. The van der Waals surface area contributed by atoms with Gasteiger partial charge in [-0.25, -0.2) is 4.98 Å². The molecule has 1 aliphatic heterocycles. The van der Waals surface area contributed by atoms with Crippen molar-refractivity contribution in [2.75, 3.05) is 13.2 Å². The number of ether oxygens (including phenoxy) is 1. The summed E-state index contributed by atoms with van der Waals surface area (Å²) < 4.78 is 5.39. The highest BCUT2D eigenvalue weighted by molar-refractivity contribution is 8.18. The number of likely N-dealkylation sites (N-methyl/N-ethyl adjacent to an activating group) is 1. The van der Waals surface area contributed by atoms with Crippen LogP contribution >= 0.6 is 23.1 Å². The van der Waals surface area contributed by atoms with Crippen LogP contribution in [-0.2, 0) is 4.79 Å². The average molecular weight is 375 g/mol. The highest BCUT2D eigenvalue weighted by atomic mass is 32.2. The second-order valence-corrected chi connectivity index (χ2v) is 6.91. The Hall–Kier alpha value is -2.32. The van der Waals surface area contributed by atoms with E-state index in [1.54, 1.807) is 35.4 Å². The van der Waals surface area contributed by atoms with E-state index in [0.29, 0.717) is 34.1 Å². The van der Waals surface area contributed by atoms with Gasteiger partial charge in [0.25, 0.3) is 5.91 Å². The zero-order chi connectivity index (χ0) is 17.8. The number of carbonyl (C=O) groups excluding carboxylic acids is 1. The maximum absolute atomic E-state index is 12.6. The van der Waals surface area contributed by atoms with Crippen LogP contribution in [0.3, 0.4) is 0 Å². The van der Waals surface area contributed by atoms with Crippen molar-refractivity contribution in [2.45, 2.75) is 13.8 Å². The van der Waals surface area contributed by atoms with Gasteiger partial charge in [-0.15, -0.1) is 11.3 Å². The smallest absolute Gasteiger partial charge is 0.266 e. The lowest BCUT2D eigenvalue weighted by Gasteiger charge is -2.11. The van der Waals surface area contributed by atoms with Crippen molar-refractivity contribution >= 4 is 45.4 Å². The van der Waals surface area contributed by atoms with Crippen molar-refractivity contribution in [2.24, 2.45) is 4.99 Å². The summed E-state index contributed by atoms with van der Waals surface area (Å²) in [6.07, 6.45) is 3.46. The van der Waals surface area contributed by atoms with E-state index in [-0.39, 0.29) is 11.7 Å². The number of thioether (sulfide) groups is 1. The van der Waals surface area contributed by atoms with Gasteiger partial charge in [-0.2, -0.15) is 4.99 Å². The zero-order valence-electron chi connectivity index (χ0n) is 13.8. The van der Waals surface area contributed by atoms with Crippen LogP contribution in [0.1, 0.15) is 19.4 Å². The summed E-state index contributed by atoms with van der Waals surface area (Å²) >= 11 is 2.74. The zero-order valence-corrected chi connectivity index (χ0v) is 15.4. The molecule has 25 heavy (non-hydrogen) atoms. The molecule has 0 saturated carbocycles. The lowest BCUT2D eigenvalue weighted by molar-refractivity contribution is -0.122. The number of aromatic nitrogens is 1. The summed E-state index contributed by atoms with van der Waals surface area (Å²) in [5.41, 5.74) is 0.781. The number of aromatic hydroxyl groups is 1. The van der Waals surface area contributed by atoms with Crippen LogP contribution in [0.4, 0.5) is 5.13 Å².